The third-order valence-electron chi connectivity index (χ3n) is 3.12. The molecule has 0 aromatic heterocycles. The van der Waals surface area contributed by atoms with Crippen LogP contribution >= 0.6 is 9.24 Å². The lowest BCUT2D eigenvalue weighted by atomic mass is 10.0. The van der Waals surface area contributed by atoms with Crippen molar-refractivity contribution in [1.82, 2.24) is 0 Å². The molecule has 0 radical (unpaired) electrons. The zero-order chi connectivity index (χ0) is 18.6. The van der Waals surface area contributed by atoms with Gasteiger partial charge in [-0.05, 0) is 41.2 Å². The molecule has 0 saturated heterocycles. The first-order chi connectivity index (χ1) is 11.9. The van der Waals surface area contributed by atoms with Crippen LogP contribution in [0.15, 0.2) is 55.6 Å². The van der Waals surface area contributed by atoms with Gasteiger partial charge in [-0.3, -0.25) is 0 Å². The van der Waals surface area contributed by atoms with Crippen LogP contribution in [0.5, 0.6) is 11.5 Å². The summed E-state index contributed by atoms with van der Waals surface area (Å²) in [6.07, 6.45) is 1.85. The van der Waals surface area contributed by atoms with E-state index in [2.05, 4.69) is 27.1 Å². The number of carbonyl (C=O) groups excluding carboxylic acids is 2. The summed E-state index contributed by atoms with van der Waals surface area (Å²) < 4.78 is 38.0. The van der Waals surface area contributed by atoms with Crippen LogP contribution in [0.25, 0.3) is 11.1 Å². The minimum absolute atomic E-state index is 0.0394. The van der Waals surface area contributed by atoms with Crippen LogP contribution in [0.3, 0.4) is 0 Å². The maximum absolute atomic E-state index is 14.3. The molecule has 1 unspecified atom stereocenters. The van der Waals surface area contributed by atoms with Gasteiger partial charge in [0.1, 0.15) is 5.75 Å². The second kappa shape index (κ2) is 7.81. The monoisotopic (exact) mass is 362 g/mol. The van der Waals surface area contributed by atoms with Gasteiger partial charge in [0.2, 0.25) is 5.82 Å². The maximum atomic E-state index is 14.3. The molecule has 0 N–H and O–H groups in total. The molecule has 1 atom stereocenters. The minimum atomic E-state index is -1.29. The Hall–Kier alpha value is -2.85. The fraction of sp³-hybridized carbons (Fsp3) is 0. The molecular weight excluding hydrogens is 349 g/mol. The number of rotatable bonds is 5. The average Bonchev–Trinajstić information content (AvgIpc) is 2.59. The molecule has 0 aliphatic rings. The molecule has 0 aliphatic heterocycles. The van der Waals surface area contributed by atoms with Gasteiger partial charge in [-0.2, -0.15) is 4.39 Å². The summed E-state index contributed by atoms with van der Waals surface area (Å²) in [5.74, 6) is -4.30. The number of halogens is 2. The van der Waals surface area contributed by atoms with E-state index >= 15 is 0 Å². The zero-order valence-electron chi connectivity index (χ0n) is 12.9. The van der Waals surface area contributed by atoms with E-state index in [0.29, 0.717) is 10.9 Å². The van der Waals surface area contributed by atoms with Gasteiger partial charge < -0.3 is 9.47 Å². The molecule has 2 aromatic carbocycles. The highest BCUT2D eigenvalue weighted by Gasteiger charge is 2.18. The molecule has 2 aromatic rings. The number of carbonyl (C=O) groups is 2. The summed E-state index contributed by atoms with van der Waals surface area (Å²) >= 11 is 0. The van der Waals surface area contributed by atoms with E-state index in [1.807, 2.05) is 0 Å². The van der Waals surface area contributed by atoms with E-state index in [1.54, 1.807) is 0 Å². The summed E-state index contributed by atoms with van der Waals surface area (Å²) in [7, 11) is 2.35. The summed E-state index contributed by atoms with van der Waals surface area (Å²) in [4.78, 5) is 22.3. The molecule has 0 saturated carbocycles. The lowest BCUT2D eigenvalue weighted by Crippen LogP contribution is -2.08. The zero-order valence-corrected chi connectivity index (χ0v) is 14.1. The fourth-order valence-electron chi connectivity index (χ4n) is 1.98. The SMILES string of the molecule is C=CC(=O)Oc1ccc(-c2ccc(OC(=O)C=C)c(F)c2F)c(P)c1. The Morgan fingerprint density at radius 1 is 0.920 bits per heavy atom. The van der Waals surface area contributed by atoms with Crippen molar-refractivity contribution < 1.29 is 27.8 Å². The molecule has 128 valence electrons. The first-order valence-electron chi connectivity index (χ1n) is 6.93. The van der Waals surface area contributed by atoms with Crippen LogP contribution in [0, 0.1) is 11.6 Å². The van der Waals surface area contributed by atoms with Crippen molar-refractivity contribution in [3.8, 4) is 22.6 Å². The number of benzene rings is 2. The van der Waals surface area contributed by atoms with Crippen molar-refractivity contribution in [1.29, 1.82) is 0 Å². The molecule has 0 heterocycles. The predicted octanol–water partition coefficient (Wildman–Crippen LogP) is 3.32. The Labute approximate surface area is 145 Å². The summed E-state index contributed by atoms with van der Waals surface area (Å²) in [5.41, 5.74) is 0.323. The van der Waals surface area contributed by atoms with Crippen LogP contribution in [-0.2, 0) is 9.59 Å². The lowest BCUT2D eigenvalue weighted by molar-refractivity contribution is -0.130. The molecule has 2 rings (SSSR count). The van der Waals surface area contributed by atoms with E-state index in [1.165, 1.54) is 24.3 Å². The van der Waals surface area contributed by atoms with Gasteiger partial charge in [0, 0.05) is 17.7 Å². The quantitative estimate of drug-likeness (QED) is 0.354. The van der Waals surface area contributed by atoms with Crippen LogP contribution in [0.1, 0.15) is 0 Å². The Kier molecular flexibility index (Phi) is 5.78. The predicted molar refractivity (Wildman–Crippen MR) is 92.8 cm³/mol. The van der Waals surface area contributed by atoms with E-state index in [9.17, 15) is 18.4 Å². The number of hydrogen-bond acceptors (Lipinski definition) is 4. The van der Waals surface area contributed by atoms with E-state index in [-0.39, 0.29) is 11.3 Å². The van der Waals surface area contributed by atoms with E-state index in [4.69, 9.17) is 4.74 Å². The second-order valence-corrected chi connectivity index (χ2v) is 5.36. The first-order valence-corrected chi connectivity index (χ1v) is 7.51. The van der Waals surface area contributed by atoms with Gasteiger partial charge in [0.05, 0.1) is 0 Å². The van der Waals surface area contributed by atoms with Gasteiger partial charge in [0.25, 0.3) is 0 Å². The molecule has 0 bridgehead atoms. The van der Waals surface area contributed by atoms with Crippen molar-refractivity contribution in [2.75, 3.05) is 0 Å². The number of ether oxygens (including phenoxy) is 2. The Bertz CT molecular complexity index is 878. The Morgan fingerprint density at radius 2 is 1.52 bits per heavy atom. The van der Waals surface area contributed by atoms with Crippen molar-refractivity contribution in [3.05, 3.63) is 67.3 Å². The van der Waals surface area contributed by atoms with Crippen LogP contribution in [0.2, 0.25) is 0 Å². The topological polar surface area (TPSA) is 52.6 Å². The molecular formula is C18H13F2O4P. The molecule has 0 amide bonds. The number of hydrogen-bond donors (Lipinski definition) is 0. The highest BCUT2D eigenvalue weighted by Crippen LogP contribution is 2.31. The molecule has 0 spiro atoms. The second-order valence-electron chi connectivity index (χ2n) is 4.74. The molecule has 4 nitrogen and oxygen atoms in total. The minimum Gasteiger partial charge on any atom is -0.423 e. The third-order valence-corrected chi connectivity index (χ3v) is 3.60. The average molecular weight is 362 g/mol. The van der Waals surface area contributed by atoms with Crippen LogP contribution < -0.4 is 14.8 Å². The smallest absolute Gasteiger partial charge is 0.335 e. The van der Waals surface area contributed by atoms with Gasteiger partial charge in [-0.1, -0.05) is 13.2 Å². The van der Waals surface area contributed by atoms with Crippen molar-refractivity contribution in [3.63, 3.8) is 0 Å². The van der Waals surface area contributed by atoms with Gasteiger partial charge in [0.15, 0.2) is 11.6 Å². The Morgan fingerprint density at radius 3 is 2.12 bits per heavy atom. The van der Waals surface area contributed by atoms with Gasteiger partial charge in [-0.15, -0.1) is 9.24 Å². The highest BCUT2D eigenvalue weighted by atomic mass is 31.0. The summed E-state index contributed by atoms with van der Waals surface area (Å²) in [6, 6.07) is 6.81. The largest absolute Gasteiger partial charge is 0.423 e. The highest BCUT2D eigenvalue weighted by molar-refractivity contribution is 7.28. The molecule has 0 fully saturated rings. The van der Waals surface area contributed by atoms with E-state index in [0.717, 1.165) is 18.2 Å². The van der Waals surface area contributed by atoms with Crippen LogP contribution in [0.4, 0.5) is 8.78 Å². The molecule has 25 heavy (non-hydrogen) atoms. The molecule has 7 heteroatoms. The standard InChI is InChI=1S/C18H13F2O4P/c1-3-15(21)23-10-5-6-11(14(25)9-10)12-7-8-13(18(20)17(12)19)24-16(22)4-2/h3-9H,1-2,25H2. The molecule has 0 aliphatic carbocycles. The van der Waals surface area contributed by atoms with Crippen molar-refractivity contribution in [2.45, 2.75) is 0 Å². The Balaban J connectivity index is 2.40. The lowest BCUT2D eigenvalue weighted by Gasteiger charge is -2.11. The summed E-state index contributed by atoms with van der Waals surface area (Å²) in [5, 5.41) is 0.475. The first kappa shape index (κ1) is 18.5. The number of esters is 2. The normalized spacial score (nSPS) is 10.0. The van der Waals surface area contributed by atoms with Crippen molar-refractivity contribution in [2.24, 2.45) is 0 Å². The summed E-state index contributed by atoms with van der Waals surface area (Å²) in [6.45, 7) is 6.47. The van der Waals surface area contributed by atoms with Gasteiger partial charge >= 0.3 is 11.9 Å². The third kappa shape index (κ3) is 4.17. The fourth-order valence-corrected chi connectivity index (χ4v) is 2.39. The van der Waals surface area contributed by atoms with Crippen LogP contribution in [-0.4, -0.2) is 11.9 Å². The maximum Gasteiger partial charge on any atom is 0.335 e. The van der Waals surface area contributed by atoms with E-state index < -0.39 is 29.3 Å². The van der Waals surface area contributed by atoms with Crippen molar-refractivity contribution >= 4 is 26.5 Å². The van der Waals surface area contributed by atoms with Gasteiger partial charge in [-0.25, -0.2) is 14.0 Å².